The van der Waals surface area contributed by atoms with Gasteiger partial charge in [0.2, 0.25) is 0 Å². The summed E-state index contributed by atoms with van der Waals surface area (Å²) in [6.45, 7) is 9.03. The molecule has 1 aliphatic heterocycles. The molecule has 1 atom stereocenters. The minimum atomic E-state index is 0.246. The van der Waals surface area contributed by atoms with Crippen molar-refractivity contribution in [1.29, 1.82) is 0 Å². The van der Waals surface area contributed by atoms with Gasteiger partial charge < -0.3 is 20.6 Å². The summed E-state index contributed by atoms with van der Waals surface area (Å²) < 4.78 is 0. The summed E-state index contributed by atoms with van der Waals surface area (Å²) in [7, 11) is 0. The molecule has 6 nitrogen and oxygen atoms in total. The molecule has 0 aromatic carbocycles. The van der Waals surface area contributed by atoms with E-state index in [0.29, 0.717) is 12.5 Å². The third-order valence-electron chi connectivity index (χ3n) is 4.80. The molecular weight excluding hydrogens is 326 g/mol. The maximum absolute atomic E-state index is 9.22. The monoisotopic (exact) mass is 361 g/mol. The van der Waals surface area contributed by atoms with Crippen LogP contribution in [0.1, 0.15) is 51.5 Å². The van der Waals surface area contributed by atoms with Gasteiger partial charge in [-0.3, -0.25) is 0 Å². The van der Waals surface area contributed by atoms with E-state index in [0.717, 1.165) is 57.2 Å². The van der Waals surface area contributed by atoms with Crippen molar-refractivity contribution in [2.75, 3.05) is 37.7 Å². The molecule has 1 aliphatic rings. The number of nitrogens with one attached hydrogen (secondary N) is 2. The van der Waals surface area contributed by atoms with Crippen LogP contribution in [-0.2, 0) is 6.54 Å². The van der Waals surface area contributed by atoms with Crippen LogP contribution in [0.4, 0.5) is 5.82 Å². The molecule has 1 aromatic rings. The van der Waals surface area contributed by atoms with E-state index in [1.165, 1.54) is 18.4 Å². The van der Waals surface area contributed by atoms with E-state index in [1.54, 1.807) is 0 Å². The standard InChI is InChI=1S/C20H35N5O/c1-3-7-17(9-13-26)15-23-20(21-4-2)24-16-18-8-10-22-19(14-18)25-11-5-6-12-25/h8,10,14,17,26H,3-7,9,11-13,15-16H2,1-2H3,(H2,21,23,24). The Balaban J connectivity index is 1.94. The molecule has 0 amide bonds. The minimum Gasteiger partial charge on any atom is -0.396 e. The van der Waals surface area contributed by atoms with Gasteiger partial charge >= 0.3 is 0 Å². The van der Waals surface area contributed by atoms with E-state index >= 15 is 0 Å². The third-order valence-corrected chi connectivity index (χ3v) is 4.80. The smallest absolute Gasteiger partial charge is 0.191 e. The van der Waals surface area contributed by atoms with Crippen LogP contribution >= 0.6 is 0 Å². The summed E-state index contributed by atoms with van der Waals surface area (Å²) >= 11 is 0. The molecule has 0 radical (unpaired) electrons. The number of pyridine rings is 1. The lowest BCUT2D eigenvalue weighted by molar-refractivity contribution is 0.251. The van der Waals surface area contributed by atoms with Crippen molar-refractivity contribution in [2.45, 2.75) is 52.5 Å². The summed E-state index contributed by atoms with van der Waals surface area (Å²) in [5.74, 6) is 2.39. The van der Waals surface area contributed by atoms with Crippen LogP contribution in [0.3, 0.4) is 0 Å². The zero-order valence-corrected chi connectivity index (χ0v) is 16.4. The number of aliphatic imine (C=N–C) groups is 1. The maximum atomic E-state index is 9.22. The second-order valence-electron chi connectivity index (χ2n) is 6.96. The Hall–Kier alpha value is -1.82. The second-order valence-corrected chi connectivity index (χ2v) is 6.96. The van der Waals surface area contributed by atoms with Crippen molar-refractivity contribution in [3.05, 3.63) is 23.9 Å². The van der Waals surface area contributed by atoms with Gasteiger partial charge in [-0.05, 0) is 56.2 Å². The van der Waals surface area contributed by atoms with Crippen molar-refractivity contribution >= 4 is 11.8 Å². The Labute approximate surface area is 158 Å². The zero-order valence-electron chi connectivity index (χ0n) is 16.4. The van der Waals surface area contributed by atoms with Gasteiger partial charge in [0.25, 0.3) is 0 Å². The summed E-state index contributed by atoms with van der Waals surface area (Å²) in [6.07, 6.45) is 7.49. The van der Waals surface area contributed by atoms with Gasteiger partial charge in [0.1, 0.15) is 5.82 Å². The number of rotatable bonds is 10. The lowest BCUT2D eigenvalue weighted by Gasteiger charge is -2.18. The van der Waals surface area contributed by atoms with Gasteiger partial charge in [0.05, 0.1) is 6.54 Å². The van der Waals surface area contributed by atoms with Crippen molar-refractivity contribution in [1.82, 2.24) is 15.6 Å². The van der Waals surface area contributed by atoms with Crippen molar-refractivity contribution in [3.8, 4) is 0 Å². The van der Waals surface area contributed by atoms with E-state index < -0.39 is 0 Å². The molecule has 0 aliphatic carbocycles. The molecule has 0 saturated carbocycles. The van der Waals surface area contributed by atoms with Gasteiger partial charge in [-0.25, -0.2) is 9.98 Å². The van der Waals surface area contributed by atoms with E-state index in [9.17, 15) is 5.11 Å². The molecule has 0 bridgehead atoms. The highest BCUT2D eigenvalue weighted by molar-refractivity contribution is 5.79. The van der Waals surface area contributed by atoms with E-state index in [-0.39, 0.29) is 6.61 Å². The topological polar surface area (TPSA) is 72.8 Å². The maximum Gasteiger partial charge on any atom is 0.191 e. The van der Waals surface area contributed by atoms with Gasteiger partial charge in [-0.1, -0.05) is 13.3 Å². The largest absolute Gasteiger partial charge is 0.396 e. The quantitative estimate of drug-likeness (QED) is 0.441. The number of guanidine groups is 1. The molecule has 0 spiro atoms. The molecule has 1 fully saturated rings. The fraction of sp³-hybridized carbons (Fsp3) is 0.700. The van der Waals surface area contributed by atoms with Crippen LogP contribution in [0.2, 0.25) is 0 Å². The first kappa shape index (κ1) is 20.5. The number of aliphatic hydroxyl groups is 1. The highest BCUT2D eigenvalue weighted by atomic mass is 16.3. The van der Waals surface area contributed by atoms with Crippen LogP contribution < -0.4 is 15.5 Å². The summed E-state index contributed by atoms with van der Waals surface area (Å²) in [5, 5.41) is 16.0. The van der Waals surface area contributed by atoms with Crippen LogP contribution in [0.5, 0.6) is 0 Å². The van der Waals surface area contributed by atoms with Gasteiger partial charge in [-0.15, -0.1) is 0 Å². The molecule has 2 heterocycles. The molecule has 1 unspecified atom stereocenters. The number of hydrogen-bond donors (Lipinski definition) is 3. The first-order valence-electron chi connectivity index (χ1n) is 10.1. The van der Waals surface area contributed by atoms with E-state index in [2.05, 4.69) is 40.4 Å². The van der Waals surface area contributed by atoms with E-state index in [1.807, 2.05) is 12.3 Å². The van der Waals surface area contributed by atoms with Crippen LogP contribution in [0, 0.1) is 5.92 Å². The Bertz CT molecular complexity index is 537. The lowest BCUT2D eigenvalue weighted by Crippen LogP contribution is -2.40. The Kier molecular flexibility index (Phi) is 9.24. The Morgan fingerprint density at radius 1 is 1.27 bits per heavy atom. The Morgan fingerprint density at radius 2 is 2.08 bits per heavy atom. The first-order chi connectivity index (χ1) is 12.8. The number of anilines is 1. The SMILES string of the molecule is CCCC(CCO)CNC(=NCc1ccnc(N2CCCC2)c1)NCC. The van der Waals surface area contributed by atoms with Crippen molar-refractivity contribution < 1.29 is 5.11 Å². The van der Waals surface area contributed by atoms with E-state index in [4.69, 9.17) is 4.99 Å². The molecule has 1 aromatic heterocycles. The lowest BCUT2D eigenvalue weighted by atomic mass is 10.0. The Morgan fingerprint density at radius 3 is 2.77 bits per heavy atom. The van der Waals surface area contributed by atoms with Gasteiger partial charge in [0, 0.05) is 39.0 Å². The summed E-state index contributed by atoms with van der Waals surface area (Å²) in [5.41, 5.74) is 1.18. The van der Waals surface area contributed by atoms with Gasteiger partial charge in [-0.2, -0.15) is 0 Å². The fourth-order valence-electron chi connectivity index (χ4n) is 3.37. The molecule has 6 heteroatoms. The molecule has 146 valence electrons. The van der Waals surface area contributed by atoms with Crippen LogP contribution in [-0.4, -0.2) is 48.8 Å². The number of nitrogens with zero attached hydrogens (tertiary/aromatic N) is 3. The molecule has 2 rings (SSSR count). The number of aromatic nitrogens is 1. The number of hydrogen-bond acceptors (Lipinski definition) is 4. The average Bonchev–Trinajstić information content (AvgIpc) is 3.19. The zero-order chi connectivity index (χ0) is 18.6. The van der Waals surface area contributed by atoms with Crippen LogP contribution in [0.25, 0.3) is 0 Å². The highest BCUT2D eigenvalue weighted by Gasteiger charge is 2.13. The van der Waals surface area contributed by atoms with Crippen molar-refractivity contribution in [3.63, 3.8) is 0 Å². The second kappa shape index (κ2) is 11.7. The van der Waals surface area contributed by atoms with Crippen LogP contribution in [0.15, 0.2) is 23.3 Å². The molecule has 3 N–H and O–H groups in total. The number of aliphatic hydroxyl groups excluding tert-OH is 1. The molecule has 26 heavy (non-hydrogen) atoms. The predicted octanol–water partition coefficient (Wildman–Crippen LogP) is 2.54. The predicted molar refractivity (Wildman–Crippen MR) is 109 cm³/mol. The van der Waals surface area contributed by atoms with Gasteiger partial charge in [0.15, 0.2) is 5.96 Å². The summed E-state index contributed by atoms with van der Waals surface area (Å²) in [4.78, 5) is 11.6. The third kappa shape index (κ3) is 6.83. The normalized spacial score (nSPS) is 16.0. The summed E-state index contributed by atoms with van der Waals surface area (Å²) in [6, 6.07) is 4.20. The first-order valence-corrected chi connectivity index (χ1v) is 10.1. The molecular formula is C20H35N5O. The highest BCUT2D eigenvalue weighted by Crippen LogP contribution is 2.18. The molecule has 1 saturated heterocycles. The fourth-order valence-corrected chi connectivity index (χ4v) is 3.37. The average molecular weight is 362 g/mol. The minimum absolute atomic E-state index is 0.246. The van der Waals surface area contributed by atoms with Crippen molar-refractivity contribution in [2.24, 2.45) is 10.9 Å².